The van der Waals surface area contributed by atoms with Gasteiger partial charge in [0, 0.05) is 19.8 Å². The summed E-state index contributed by atoms with van der Waals surface area (Å²) in [7, 11) is 1.73. The molecule has 1 amide bonds. The molecule has 2 rings (SSSR count). The van der Waals surface area contributed by atoms with E-state index in [0.29, 0.717) is 23.2 Å². The van der Waals surface area contributed by atoms with E-state index < -0.39 is 12.7 Å². The molecule has 8 heteroatoms. The van der Waals surface area contributed by atoms with Crippen LogP contribution in [0.3, 0.4) is 0 Å². The molecule has 0 spiro atoms. The van der Waals surface area contributed by atoms with Gasteiger partial charge in [-0.25, -0.2) is 0 Å². The van der Waals surface area contributed by atoms with Crippen molar-refractivity contribution in [2.75, 3.05) is 6.54 Å². The number of hydrogen-bond acceptors (Lipinski definition) is 4. The van der Waals surface area contributed by atoms with Gasteiger partial charge in [-0.05, 0) is 24.1 Å². The van der Waals surface area contributed by atoms with Gasteiger partial charge in [-0.15, -0.1) is 0 Å². The lowest BCUT2D eigenvalue weighted by atomic mass is 10.1. The van der Waals surface area contributed by atoms with Crippen molar-refractivity contribution in [1.82, 2.24) is 15.1 Å². The van der Waals surface area contributed by atoms with Gasteiger partial charge in [0.25, 0.3) is 5.91 Å². The Morgan fingerprint density at radius 3 is 2.62 bits per heavy atom. The zero-order chi connectivity index (χ0) is 17.7. The normalized spacial score (nSPS) is 12.2. The summed E-state index contributed by atoms with van der Waals surface area (Å²) in [4.78, 5) is 12.2. The van der Waals surface area contributed by atoms with E-state index in [1.807, 2.05) is 6.92 Å². The average Bonchev–Trinajstić information content (AvgIpc) is 2.93. The van der Waals surface area contributed by atoms with E-state index in [1.54, 1.807) is 17.9 Å². The summed E-state index contributed by atoms with van der Waals surface area (Å²) in [6.45, 7) is -1.00. The number of aromatic nitrogens is 2. The third-order valence-electron chi connectivity index (χ3n) is 3.43. The zero-order valence-corrected chi connectivity index (χ0v) is 13.4. The third kappa shape index (κ3) is 4.51. The Kier molecular flexibility index (Phi) is 5.86. The number of ether oxygens (including phenoxy) is 1. The highest BCUT2D eigenvalue weighted by molar-refractivity contribution is 5.95. The molecule has 2 aromatic rings. The Labute approximate surface area is 138 Å². The number of alkyl halides is 2. The molecule has 1 heterocycles. The smallest absolute Gasteiger partial charge is 0.387 e. The van der Waals surface area contributed by atoms with Crippen LogP contribution in [0, 0.1) is 0 Å². The van der Waals surface area contributed by atoms with Crippen LogP contribution in [0.2, 0.25) is 0 Å². The van der Waals surface area contributed by atoms with E-state index >= 15 is 0 Å². The number of aliphatic hydroxyl groups excluding tert-OH is 1. The second kappa shape index (κ2) is 7.87. The number of nitrogens with one attached hydrogen (secondary N) is 1. The first-order valence-corrected chi connectivity index (χ1v) is 7.44. The summed E-state index contributed by atoms with van der Waals surface area (Å²) in [5.41, 5.74) is 1.63. The number of carbonyl (C=O) groups is 1. The SMILES string of the molecule is CCc1nn(C)cc1C(=O)NCC(O)c1ccc(OC(F)F)cc1. The molecule has 0 saturated carbocycles. The van der Waals surface area contributed by atoms with E-state index in [2.05, 4.69) is 15.2 Å². The van der Waals surface area contributed by atoms with Crippen LogP contribution in [0.5, 0.6) is 5.75 Å². The highest BCUT2D eigenvalue weighted by Crippen LogP contribution is 2.19. The second-order valence-corrected chi connectivity index (χ2v) is 5.19. The van der Waals surface area contributed by atoms with Crippen LogP contribution in [-0.2, 0) is 13.5 Å². The number of nitrogens with zero attached hydrogens (tertiary/aromatic N) is 2. The maximum absolute atomic E-state index is 12.2. The molecule has 0 bridgehead atoms. The van der Waals surface area contributed by atoms with Crippen LogP contribution in [0.15, 0.2) is 30.5 Å². The van der Waals surface area contributed by atoms with Gasteiger partial charge in [0.1, 0.15) is 5.75 Å². The standard InChI is InChI=1S/C16H19F2N3O3/c1-3-13-12(9-21(2)20-13)15(23)19-8-14(22)10-4-6-11(7-5-10)24-16(17)18/h4-7,9,14,16,22H,3,8H2,1-2H3,(H,19,23). The molecule has 6 nitrogen and oxygen atoms in total. The number of rotatable bonds is 7. The molecular formula is C16H19F2N3O3. The number of hydrogen-bond donors (Lipinski definition) is 2. The summed E-state index contributed by atoms with van der Waals surface area (Å²) >= 11 is 0. The lowest BCUT2D eigenvalue weighted by Crippen LogP contribution is -2.28. The Morgan fingerprint density at radius 1 is 1.38 bits per heavy atom. The molecule has 0 fully saturated rings. The largest absolute Gasteiger partial charge is 0.435 e. The number of aryl methyl sites for hydroxylation is 2. The minimum atomic E-state index is -2.90. The first kappa shape index (κ1) is 17.9. The first-order valence-electron chi connectivity index (χ1n) is 7.44. The second-order valence-electron chi connectivity index (χ2n) is 5.19. The van der Waals surface area contributed by atoms with Gasteiger partial charge in [0.15, 0.2) is 0 Å². The number of halogens is 2. The molecule has 130 valence electrons. The van der Waals surface area contributed by atoms with E-state index in [1.165, 1.54) is 24.3 Å². The van der Waals surface area contributed by atoms with E-state index in [4.69, 9.17) is 0 Å². The number of aliphatic hydroxyl groups is 1. The van der Waals surface area contributed by atoms with Crippen LogP contribution in [0.4, 0.5) is 8.78 Å². The van der Waals surface area contributed by atoms with Gasteiger partial charge in [-0.3, -0.25) is 9.48 Å². The number of amides is 1. The summed E-state index contributed by atoms with van der Waals surface area (Å²) in [5, 5.41) is 16.9. The van der Waals surface area contributed by atoms with Crippen molar-refractivity contribution in [2.24, 2.45) is 7.05 Å². The van der Waals surface area contributed by atoms with Crippen LogP contribution >= 0.6 is 0 Å². The first-order chi connectivity index (χ1) is 11.4. The quantitative estimate of drug-likeness (QED) is 0.809. The fourth-order valence-electron chi connectivity index (χ4n) is 2.26. The minimum absolute atomic E-state index is 0.00735. The average molecular weight is 339 g/mol. The number of benzene rings is 1. The van der Waals surface area contributed by atoms with Crippen molar-refractivity contribution >= 4 is 5.91 Å². The molecule has 1 aromatic heterocycles. The van der Waals surface area contributed by atoms with Crippen LogP contribution < -0.4 is 10.1 Å². The Bertz CT molecular complexity index is 686. The van der Waals surface area contributed by atoms with Crippen LogP contribution in [-0.4, -0.2) is 34.0 Å². The maximum Gasteiger partial charge on any atom is 0.387 e. The highest BCUT2D eigenvalue weighted by Gasteiger charge is 2.16. The molecule has 24 heavy (non-hydrogen) atoms. The predicted octanol–water partition coefficient (Wildman–Crippen LogP) is 2.05. The number of carbonyl (C=O) groups excluding carboxylic acids is 1. The van der Waals surface area contributed by atoms with Crippen molar-refractivity contribution in [3.05, 3.63) is 47.3 Å². The lowest BCUT2D eigenvalue weighted by molar-refractivity contribution is -0.0498. The predicted molar refractivity (Wildman–Crippen MR) is 83.0 cm³/mol. The molecule has 0 saturated heterocycles. The van der Waals surface area contributed by atoms with Crippen LogP contribution in [0.25, 0.3) is 0 Å². The molecule has 0 aliphatic carbocycles. The van der Waals surface area contributed by atoms with E-state index in [9.17, 15) is 18.7 Å². The summed E-state index contributed by atoms with van der Waals surface area (Å²) in [5.74, 6) is -0.315. The topological polar surface area (TPSA) is 76.4 Å². The Hall–Kier alpha value is -2.48. The minimum Gasteiger partial charge on any atom is -0.435 e. The fourth-order valence-corrected chi connectivity index (χ4v) is 2.26. The molecule has 0 radical (unpaired) electrons. The summed E-state index contributed by atoms with van der Waals surface area (Å²) in [6.07, 6.45) is 1.28. The van der Waals surface area contributed by atoms with E-state index in [-0.39, 0.29) is 18.2 Å². The van der Waals surface area contributed by atoms with Crippen molar-refractivity contribution in [3.8, 4) is 5.75 Å². The molecule has 0 aliphatic heterocycles. The van der Waals surface area contributed by atoms with Gasteiger partial charge in [0.05, 0.1) is 17.4 Å². The Balaban J connectivity index is 1.94. The molecule has 0 aliphatic rings. The third-order valence-corrected chi connectivity index (χ3v) is 3.43. The molecule has 2 N–H and O–H groups in total. The highest BCUT2D eigenvalue weighted by atomic mass is 19.3. The van der Waals surface area contributed by atoms with Gasteiger partial charge >= 0.3 is 6.61 Å². The van der Waals surface area contributed by atoms with Gasteiger partial charge in [0.2, 0.25) is 0 Å². The zero-order valence-electron chi connectivity index (χ0n) is 13.4. The Morgan fingerprint density at radius 2 is 2.04 bits per heavy atom. The molecule has 1 aromatic carbocycles. The summed E-state index contributed by atoms with van der Waals surface area (Å²) in [6, 6.07) is 5.61. The lowest BCUT2D eigenvalue weighted by Gasteiger charge is -2.13. The summed E-state index contributed by atoms with van der Waals surface area (Å²) < 4.78 is 30.0. The van der Waals surface area contributed by atoms with Gasteiger partial charge < -0.3 is 15.2 Å². The molecular weight excluding hydrogens is 320 g/mol. The molecule has 1 unspecified atom stereocenters. The fraction of sp³-hybridized carbons (Fsp3) is 0.375. The van der Waals surface area contributed by atoms with Crippen molar-refractivity contribution in [2.45, 2.75) is 26.1 Å². The van der Waals surface area contributed by atoms with Crippen molar-refractivity contribution < 1.29 is 23.4 Å². The molecule has 1 atom stereocenters. The van der Waals surface area contributed by atoms with Crippen molar-refractivity contribution in [1.29, 1.82) is 0 Å². The van der Waals surface area contributed by atoms with Crippen LogP contribution in [0.1, 0.15) is 34.6 Å². The monoisotopic (exact) mass is 339 g/mol. The van der Waals surface area contributed by atoms with E-state index in [0.717, 1.165) is 0 Å². The maximum atomic E-state index is 12.2. The van der Waals surface area contributed by atoms with Gasteiger partial charge in [-0.1, -0.05) is 19.1 Å². The van der Waals surface area contributed by atoms with Crippen molar-refractivity contribution in [3.63, 3.8) is 0 Å². The van der Waals surface area contributed by atoms with Gasteiger partial charge in [-0.2, -0.15) is 13.9 Å².